The molecule has 0 aromatic heterocycles. The standard InChI is InChI=1S/C8H11IN2O2/c9-8(3-5-11-7-13)2-1-4-10-6-12/h8H,1-5H2. The summed E-state index contributed by atoms with van der Waals surface area (Å²) in [5.74, 6) is 0. The van der Waals surface area contributed by atoms with Gasteiger partial charge in [0, 0.05) is 3.92 Å². The first-order valence-corrected chi connectivity index (χ1v) is 5.27. The van der Waals surface area contributed by atoms with Gasteiger partial charge in [-0.25, -0.2) is 19.6 Å². The van der Waals surface area contributed by atoms with Gasteiger partial charge in [0.15, 0.2) is 0 Å². The van der Waals surface area contributed by atoms with E-state index in [4.69, 9.17) is 0 Å². The van der Waals surface area contributed by atoms with Gasteiger partial charge in [-0.05, 0) is 19.3 Å². The molecule has 0 aliphatic carbocycles. The average Bonchev–Trinajstić information content (AvgIpc) is 2.13. The monoisotopic (exact) mass is 294 g/mol. The van der Waals surface area contributed by atoms with Crippen molar-refractivity contribution in [2.75, 3.05) is 13.1 Å². The van der Waals surface area contributed by atoms with Gasteiger partial charge < -0.3 is 0 Å². The van der Waals surface area contributed by atoms with Crippen molar-refractivity contribution in [3.63, 3.8) is 0 Å². The Kier molecular flexibility index (Phi) is 9.20. The van der Waals surface area contributed by atoms with E-state index in [1.54, 1.807) is 0 Å². The lowest BCUT2D eigenvalue weighted by molar-refractivity contribution is 0.559. The molecule has 0 N–H and O–H groups in total. The Labute approximate surface area is 90.7 Å². The molecule has 5 heteroatoms. The summed E-state index contributed by atoms with van der Waals surface area (Å²) in [6, 6.07) is 0. The van der Waals surface area contributed by atoms with Gasteiger partial charge in [-0.15, -0.1) is 0 Å². The lowest BCUT2D eigenvalue weighted by Crippen LogP contribution is -2.00. The zero-order chi connectivity index (χ0) is 9.94. The van der Waals surface area contributed by atoms with Crippen molar-refractivity contribution in [1.29, 1.82) is 0 Å². The van der Waals surface area contributed by atoms with Crippen molar-refractivity contribution in [3.05, 3.63) is 0 Å². The number of nitrogens with zero attached hydrogens (tertiary/aromatic N) is 2. The summed E-state index contributed by atoms with van der Waals surface area (Å²) >= 11 is 2.30. The molecule has 4 nitrogen and oxygen atoms in total. The van der Waals surface area contributed by atoms with E-state index in [0.29, 0.717) is 17.0 Å². The largest absolute Gasteiger partial charge is 0.234 e. The van der Waals surface area contributed by atoms with Gasteiger partial charge in [0.25, 0.3) is 0 Å². The van der Waals surface area contributed by atoms with E-state index in [2.05, 4.69) is 32.6 Å². The van der Waals surface area contributed by atoms with Crippen LogP contribution in [-0.2, 0) is 9.59 Å². The van der Waals surface area contributed by atoms with Gasteiger partial charge in [-0.1, -0.05) is 22.6 Å². The summed E-state index contributed by atoms with van der Waals surface area (Å²) < 4.78 is 0.483. The fraction of sp³-hybridized carbons (Fsp3) is 0.750. The topological polar surface area (TPSA) is 58.9 Å². The van der Waals surface area contributed by atoms with Crippen molar-refractivity contribution < 1.29 is 9.59 Å². The molecule has 0 rings (SSSR count). The molecule has 0 spiro atoms. The van der Waals surface area contributed by atoms with Crippen molar-refractivity contribution in [3.8, 4) is 0 Å². The minimum absolute atomic E-state index is 0.483. The Balaban J connectivity index is 3.33. The van der Waals surface area contributed by atoms with E-state index in [9.17, 15) is 9.59 Å². The molecule has 0 fully saturated rings. The molecule has 13 heavy (non-hydrogen) atoms. The molecular formula is C8H11IN2O2. The highest BCUT2D eigenvalue weighted by Crippen LogP contribution is 2.12. The molecule has 0 heterocycles. The molecule has 0 aliphatic heterocycles. The molecule has 0 saturated heterocycles. The first kappa shape index (κ1) is 12.5. The maximum atomic E-state index is 9.73. The third kappa shape index (κ3) is 9.40. The predicted octanol–water partition coefficient (Wildman–Crippen LogP) is 1.63. The van der Waals surface area contributed by atoms with Crippen molar-refractivity contribution in [2.24, 2.45) is 9.98 Å². The van der Waals surface area contributed by atoms with E-state index in [0.717, 1.165) is 19.3 Å². The van der Waals surface area contributed by atoms with E-state index >= 15 is 0 Å². The van der Waals surface area contributed by atoms with Crippen LogP contribution in [0.4, 0.5) is 0 Å². The van der Waals surface area contributed by atoms with Crippen LogP contribution < -0.4 is 0 Å². The van der Waals surface area contributed by atoms with Gasteiger partial charge >= 0.3 is 0 Å². The highest BCUT2D eigenvalue weighted by atomic mass is 127. The van der Waals surface area contributed by atoms with Crippen molar-refractivity contribution >= 4 is 34.8 Å². The fourth-order valence-corrected chi connectivity index (χ4v) is 1.55. The summed E-state index contributed by atoms with van der Waals surface area (Å²) in [4.78, 5) is 26.3. The highest BCUT2D eigenvalue weighted by Gasteiger charge is 2.01. The molecule has 0 amide bonds. The molecule has 1 atom stereocenters. The van der Waals surface area contributed by atoms with Crippen LogP contribution in [0.5, 0.6) is 0 Å². The van der Waals surface area contributed by atoms with Crippen molar-refractivity contribution in [2.45, 2.75) is 23.2 Å². The molecule has 0 saturated carbocycles. The van der Waals surface area contributed by atoms with E-state index < -0.39 is 0 Å². The Morgan fingerprint density at radius 2 is 1.69 bits per heavy atom. The number of halogens is 1. The molecule has 0 aromatic carbocycles. The Bertz CT molecular complexity index is 220. The van der Waals surface area contributed by atoms with Crippen LogP contribution in [0.3, 0.4) is 0 Å². The second kappa shape index (κ2) is 9.58. The Morgan fingerprint density at radius 3 is 2.31 bits per heavy atom. The van der Waals surface area contributed by atoms with Crippen LogP contribution in [0.2, 0.25) is 0 Å². The number of hydrogen-bond acceptors (Lipinski definition) is 4. The summed E-state index contributed by atoms with van der Waals surface area (Å²) in [6.45, 7) is 1.08. The zero-order valence-corrected chi connectivity index (χ0v) is 9.36. The lowest BCUT2D eigenvalue weighted by Gasteiger charge is -2.04. The maximum Gasteiger partial charge on any atom is 0.234 e. The number of hydrogen-bond donors (Lipinski definition) is 0. The van der Waals surface area contributed by atoms with Crippen LogP contribution in [0.15, 0.2) is 9.98 Å². The summed E-state index contributed by atoms with van der Waals surface area (Å²) in [5, 5.41) is 0. The van der Waals surface area contributed by atoms with Gasteiger partial charge in [0.2, 0.25) is 12.2 Å². The highest BCUT2D eigenvalue weighted by molar-refractivity contribution is 14.1. The molecule has 0 bridgehead atoms. The maximum absolute atomic E-state index is 9.73. The second-order valence-corrected chi connectivity index (χ2v) is 4.24. The number of isocyanates is 2. The van der Waals surface area contributed by atoms with E-state index in [1.807, 2.05) is 0 Å². The number of aliphatic imine (C=N–C) groups is 2. The Hall–Kier alpha value is -0.510. The summed E-state index contributed by atoms with van der Waals surface area (Å²) in [6.07, 6.45) is 5.74. The molecule has 0 aromatic rings. The summed E-state index contributed by atoms with van der Waals surface area (Å²) in [7, 11) is 0. The molecule has 0 aliphatic rings. The van der Waals surface area contributed by atoms with E-state index in [1.165, 1.54) is 12.2 Å². The third-order valence-corrected chi connectivity index (χ3v) is 2.72. The van der Waals surface area contributed by atoms with Gasteiger partial charge in [-0.2, -0.15) is 0 Å². The van der Waals surface area contributed by atoms with Gasteiger partial charge in [0.1, 0.15) is 0 Å². The quantitative estimate of drug-likeness (QED) is 0.235. The molecule has 0 radical (unpaired) electrons. The van der Waals surface area contributed by atoms with Crippen LogP contribution in [0.1, 0.15) is 19.3 Å². The minimum atomic E-state index is 0.483. The first-order valence-electron chi connectivity index (χ1n) is 4.02. The predicted molar refractivity (Wildman–Crippen MR) is 57.6 cm³/mol. The minimum Gasteiger partial charge on any atom is -0.211 e. The number of alkyl halides is 1. The average molecular weight is 294 g/mol. The van der Waals surface area contributed by atoms with Crippen LogP contribution in [0.25, 0.3) is 0 Å². The van der Waals surface area contributed by atoms with Crippen LogP contribution in [-0.4, -0.2) is 29.2 Å². The molecule has 72 valence electrons. The lowest BCUT2D eigenvalue weighted by atomic mass is 10.2. The van der Waals surface area contributed by atoms with Gasteiger partial charge in [0.05, 0.1) is 13.1 Å². The summed E-state index contributed by atoms with van der Waals surface area (Å²) in [5.41, 5.74) is 0. The smallest absolute Gasteiger partial charge is 0.211 e. The van der Waals surface area contributed by atoms with E-state index in [-0.39, 0.29) is 0 Å². The fourth-order valence-electron chi connectivity index (χ4n) is 0.832. The first-order chi connectivity index (χ1) is 6.31. The van der Waals surface area contributed by atoms with Crippen LogP contribution >= 0.6 is 22.6 Å². The molecule has 1 unspecified atom stereocenters. The normalized spacial score (nSPS) is 11.2. The van der Waals surface area contributed by atoms with Crippen molar-refractivity contribution in [1.82, 2.24) is 0 Å². The van der Waals surface area contributed by atoms with Gasteiger partial charge in [-0.3, -0.25) is 0 Å². The number of carbonyl (C=O) groups excluding carboxylic acids is 2. The SMILES string of the molecule is O=C=NCCCC(I)CCN=C=O. The Morgan fingerprint density at radius 1 is 1.08 bits per heavy atom. The zero-order valence-electron chi connectivity index (χ0n) is 7.20. The molecular weight excluding hydrogens is 283 g/mol. The number of rotatable bonds is 7. The second-order valence-electron chi connectivity index (χ2n) is 2.47. The van der Waals surface area contributed by atoms with Crippen LogP contribution in [0, 0.1) is 0 Å². The third-order valence-electron chi connectivity index (χ3n) is 1.47.